The van der Waals surface area contributed by atoms with Crippen molar-refractivity contribution < 1.29 is 0 Å². The fraction of sp³-hybridized carbons (Fsp3) is 0.200. The molecule has 0 aliphatic rings. The molecule has 0 aliphatic heterocycles. The minimum Gasteiger partial charge on any atom is -0.309 e. The van der Waals surface area contributed by atoms with Crippen LogP contribution in [0.3, 0.4) is 0 Å². The van der Waals surface area contributed by atoms with Crippen molar-refractivity contribution in [2.24, 2.45) is 0 Å². The molecule has 0 aromatic heterocycles. The second-order valence-electron chi connectivity index (χ2n) is 2.33. The van der Waals surface area contributed by atoms with Gasteiger partial charge in [-0.2, -0.15) is 0 Å². The van der Waals surface area contributed by atoms with Crippen molar-refractivity contribution >= 4 is 0 Å². The van der Waals surface area contributed by atoms with Gasteiger partial charge in [0.2, 0.25) is 0 Å². The first-order chi connectivity index (χ1) is 5.43. The summed E-state index contributed by atoms with van der Waals surface area (Å²) in [5, 5.41) is 3.21. The molecule has 0 unspecified atom stereocenters. The summed E-state index contributed by atoms with van der Waals surface area (Å²) >= 11 is 0. The Morgan fingerprint density at radius 3 is 3.18 bits per heavy atom. The van der Waals surface area contributed by atoms with Gasteiger partial charge in [0, 0.05) is 13.1 Å². The summed E-state index contributed by atoms with van der Waals surface area (Å²) in [6, 6.07) is 11.0. The van der Waals surface area contributed by atoms with E-state index in [-0.39, 0.29) is 0 Å². The maximum Gasteiger partial charge on any atom is 0.0208 e. The zero-order valence-electron chi connectivity index (χ0n) is 6.51. The van der Waals surface area contributed by atoms with E-state index in [2.05, 4.69) is 24.0 Å². The minimum absolute atomic E-state index is 0.856. The Balaban J connectivity index is 2.33. The number of benzene rings is 1. The highest BCUT2D eigenvalue weighted by atomic mass is 14.8. The van der Waals surface area contributed by atoms with E-state index in [1.807, 2.05) is 24.3 Å². The van der Waals surface area contributed by atoms with E-state index in [0.29, 0.717) is 0 Å². The Labute approximate surface area is 67.8 Å². The molecule has 1 N–H and O–H groups in total. The lowest BCUT2D eigenvalue weighted by molar-refractivity contribution is 0.760. The van der Waals surface area contributed by atoms with Crippen LogP contribution in [0.1, 0.15) is 5.56 Å². The number of hydrogen-bond donors (Lipinski definition) is 1. The summed E-state index contributed by atoms with van der Waals surface area (Å²) in [4.78, 5) is 0. The molecule has 0 atom stereocenters. The predicted octanol–water partition coefficient (Wildman–Crippen LogP) is 1.76. The molecular weight excluding hydrogens is 134 g/mol. The Hall–Kier alpha value is -1.08. The molecule has 0 saturated carbocycles. The highest BCUT2D eigenvalue weighted by molar-refractivity contribution is 5.13. The number of nitrogens with one attached hydrogen (secondary N) is 1. The van der Waals surface area contributed by atoms with Crippen LogP contribution in [-0.4, -0.2) is 6.54 Å². The smallest absolute Gasteiger partial charge is 0.0208 e. The van der Waals surface area contributed by atoms with Crippen LogP contribution in [-0.2, 0) is 6.54 Å². The molecule has 0 fully saturated rings. The summed E-state index contributed by atoms with van der Waals surface area (Å²) in [6.45, 7) is 5.37. The van der Waals surface area contributed by atoms with Crippen molar-refractivity contribution in [3.63, 3.8) is 0 Å². The third-order valence-corrected chi connectivity index (χ3v) is 1.39. The van der Waals surface area contributed by atoms with E-state index < -0.39 is 0 Å². The average Bonchev–Trinajstić information content (AvgIpc) is 2.07. The van der Waals surface area contributed by atoms with Crippen LogP contribution in [0.2, 0.25) is 0 Å². The van der Waals surface area contributed by atoms with Gasteiger partial charge in [0.15, 0.2) is 0 Å². The minimum atomic E-state index is 0.856. The molecule has 1 rings (SSSR count). The van der Waals surface area contributed by atoms with E-state index in [9.17, 15) is 0 Å². The van der Waals surface area contributed by atoms with E-state index >= 15 is 0 Å². The van der Waals surface area contributed by atoms with E-state index in [0.717, 1.165) is 13.1 Å². The van der Waals surface area contributed by atoms with Crippen LogP contribution in [0.25, 0.3) is 0 Å². The van der Waals surface area contributed by atoms with Gasteiger partial charge in [0.1, 0.15) is 0 Å². The molecule has 0 aliphatic carbocycles. The van der Waals surface area contributed by atoms with Crippen LogP contribution in [0.15, 0.2) is 36.9 Å². The third-order valence-electron chi connectivity index (χ3n) is 1.39. The van der Waals surface area contributed by atoms with E-state index in [1.165, 1.54) is 5.56 Å². The van der Waals surface area contributed by atoms with Gasteiger partial charge >= 0.3 is 0 Å². The molecule has 1 heteroatoms. The van der Waals surface area contributed by atoms with Crippen LogP contribution in [0.5, 0.6) is 0 Å². The SMILES string of the molecule is C=CCNCc1c[c]ccc1. The van der Waals surface area contributed by atoms with E-state index in [4.69, 9.17) is 0 Å². The lowest BCUT2D eigenvalue weighted by atomic mass is 10.2. The van der Waals surface area contributed by atoms with Crippen LogP contribution >= 0.6 is 0 Å². The Kier molecular flexibility index (Phi) is 3.42. The maximum atomic E-state index is 3.62. The molecule has 1 aromatic rings. The molecule has 11 heavy (non-hydrogen) atoms. The van der Waals surface area contributed by atoms with Gasteiger partial charge in [-0.3, -0.25) is 0 Å². The van der Waals surface area contributed by atoms with E-state index in [1.54, 1.807) is 0 Å². The van der Waals surface area contributed by atoms with Crippen molar-refractivity contribution in [2.45, 2.75) is 6.54 Å². The summed E-state index contributed by atoms with van der Waals surface area (Å²) in [5.74, 6) is 0. The predicted molar refractivity (Wildman–Crippen MR) is 47.2 cm³/mol. The normalized spacial score (nSPS) is 9.45. The zero-order valence-corrected chi connectivity index (χ0v) is 6.51. The van der Waals surface area contributed by atoms with Crippen molar-refractivity contribution in [1.29, 1.82) is 0 Å². The largest absolute Gasteiger partial charge is 0.309 e. The molecular formula is C10H12N. The quantitative estimate of drug-likeness (QED) is 0.504. The van der Waals surface area contributed by atoms with Crippen molar-refractivity contribution in [2.75, 3.05) is 6.54 Å². The molecule has 0 heterocycles. The lowest BCUT2D eigenvalue weighted by Crippen LogP contribution is -2.12. The van der Waals surface area contributed by atoms with Crippen LogP contribution in [0.4, 0.5) is 0 Å². The molecule has 1 radical (unpaired) electrons. The molecule has 0 spiro atoms. The average molecular weight is 146 g/mol. The number of hydrogen-bond acceptors (Lipinski definition) is 1. The maximum absolute atomic E-state index is 3.62. The van der Waals surface area contributed by atoms with Crippen LogP contribution < -0.4 is 5.32 Å². The highest BCUT2D eigenvalue weighted by Crippen LogP contribution is 1.95. The number of rotatable bonds is 4. The second-order valence-corrected chi connectivity index (χ2v) is 2.33. The fourth-order valence-electron chi connectivity index (χ4n) is 0.859. The van der Waals surface area contributed by atoms with Crippen molar-refractivity contribution in [3.05, 3.63) is 48.6 Å². The van der Waals surface area contributed by atoms with Gasteiger partial charge in [0.05, 0.1) is 0 Å². The summed E-state index contributed by atoms with van der Waals surface area (Å²) in [6.07, 6.45) is 1.85. The first kappa shape index (κ1) is 8.02. The second kappa shape index (κ2) is 4.69. The Morgan fingerprint density at radius 2 is 2.55 bits per heavy atom. The highest BCUT2D eigenvalue weighted by Gasteiger charge is 1.86. The summed E-state index contributed by atoms with van der Waals surface area (Å²) in [5.41, 5.74) is 1.26. The van der Waals surface area contributed by atoms with Crippen LogP contribution in [0, 0.1) is 6.07 Å². The van der Waals surface area contributed by atoms with Gasteiger partial charge < -0.3 is 5.32 Å². The Morgan fingerprint density at radius 1 is 1.64 bits per heavy atom. The molecule has 0 saturated heterocycles. The monoisotopic (exact) mass is 146 g/mol. The van der Waals surface area contributed by atoms with Crippen molar-refractivity contribution in [3.8, 4) is 0 Å². The summed E-state index contributed by atoms with van der Waals surface area (Å²) < 4.78 is 0. The molecule has 0 bridgehead atoms. The fourth-order valence-corrected chi connectivity index (χ4v) is 0.859. The lowest BCUT2D eigenvalue weighted by Gasteiger charge is -1.99. The van der Waals surface area contributed by atoms with Crippen molar-refractivity contribution in [1.82, 2.24) is 5.32 Å². The van der Waals surface area contributed by atoms with Gasteiger partial charge in [-0.15, -0.1) is 6.58 Å². The van der Waals surface area contributed by atoms with Gasteiger partial charge in [-0.25, -0.2) is 0 Å². The van der Waals surface area contributed by atoms with Gasteiger partial charge in [0.25, 0.3) is 0 Å². The zero-order chi connectivity index (χ0) is 7.94. The van der Waals surface area contributed by atoms with Gasteiger partial charge in [-0.1, -0.05) is 24.3 Å². The molecule has 1 aromatic carbocycles. The van der Waals surface area contributed by atoms with Gasteiger partial charge in [-0.05, 0) is 17.7 Å². The first-order valence-corrected chi connectivity index (χ1v) is 3.70. The topological polar surface area (TPSA) is 12.0 Å². The first-order valence-electron chi connectivity index (χ1n) is 3.70. The molecule has 57 valence electrons. The Bertz CT molecular complexity index is 203. The molecule has 0 amide bonds. The standard InChI is InChI=1S/C10H12N/c1-2-8-11-9-10-6-4-3-5-7-10/h2-4,6-7,11H,1,8-9H2. The third kappa shape index (κ3) is 3.01. The molecule has 1 nitrogen and oxygen atoms in total. The summed E-state index contributed by atoms with van der Waals surface area (Å²) in [7, 11) is 0.